The Morgan fingerprint density at radius 2 is 2.00 bits per heavy atom. The first-order chi connectivity index (χ1) is 12.2. The van der Waals surface area contributed by atoms with Crippen molar-refractivity contribution in [3.05, 3.63) is 71.6 Å². The number of carbonyl (C=O) groups is 1. The van der Waals surface area contributed by atoms with E-state index in [-0.39, 0.29) is 5.91 Å². The fourth-order valence-corrected chi connectivity index (χ4v) is 2.55. The summed E-state index contributed by atoms with van der Waals surface area (Å²) >= 11 is 6.27. The minimum absolute atomic E-state index is 0.263. The molecule has 0 aliphatic heterocycles. The predicted octanol–water partition coefficient (Wildman–Crippen LogP) is 4.19. The van der Waals surface area contributed by atoms with Gasteiger partial charge in [-0.05, 0) is 42.5 Å². The first kappa shape index (κ1) is 15.3. The van der Waals surface area contributed by atoms with Crippen LogP contribution in [0.25, 0.3) is 22.7 Å². The van der Waals surface area contributed by atoms with E-state index in [1.54, 1.807) is 54.9 Å². The van der Waals surface area contributed by atoms with Crippen molar-refractivity contribution in [2.75, 3.05) is 5.32 Å². The fraction of sp³-hybridized carbons (Fsp3) is 0. The maximum absolute atomic E-state index is 12.3. The molecule has 3 heterocycles. The molecule has 25 heavy (non-hydrogen) atoms. The van der Waals surface area contributed by atoms with Crippen molar-refractivity contribution < 1.29 is 9.21 Å². The van der Waals surface area contributed by atoms with E-state index >= 15 is 0 Å². The molecule has 7 heteroatoms. The van der Waals surface area contributed by atoms with Crippen LogP contribution < -0.4 is 5.32 Å². The lowest BCUT2D eigenvalue weighted by molar-refractivity contribution is 0.102. The van der Waals surface area contributed by atoms with E-state index in [9.17, 15) is 4.79 Å². The maximum Gasteiger partial charge on any atom is 0.257 e. The number of hydrogen-bond donors (Lipinski definition) is 1. The van der Waals surface area contributed by atoms with Crippen LogP contribution in [0.4, 0.5) is 5.69 Å². The molecule has 3 aromatic heterocycles. The zero-order valence-corrected chi connectivity index (χ0v) is 13.6. The second kappa shape index (κ2) is 6.33. The quantitative estimate of drug-likeness (QED) is 0.599. The van der Waals surface area contributed by atoms with Gasteiger partial charge in [0.15, 0.2) is 11.2 Å². The van der Waals surface area contributed by atoms with Gasteiger partial charge in [0, 0.05) is 24.3 Å². The van der Waals surface area contributed by atoms with Crippen LogP contribution >= 0.6 is 11.6 Å². The smallest absolute Gasteiger partial charge is 0.257 e. The van der Waals surface area contributed by atoms with Gasteiger partial charge < -0.3 is 9.73 Å². The van der Waals surface area contributed by atoms with E-state index in [0.717, 1.165) is 0 Å². The zero-order valence-electron chi connectivity index (χ0n) is 12.8. The first-order valence-corrected chi connectivity index (χ1v) is 7.81. The number of fused-ring (bicyclic) bond motifs is 1. The van der Waals surface area contributed by atoms with Gasteiger partial charge in [0.05, 0.1) is 16.1 Å². The highest BCUT2D eigenvalue weighted by molar-refractivity contribution is 6.33. The van der Waals surface area contributed by atoms with Crippen LogP contribution in [0.2, 0.25) is 5.02 Å². The lowest BCUT2D eigenvalue weighted by Gasteiger charge is -2.07. The Labute approximate surface area is 147 Å². The molecule has 4 aromatic rings. The first-order valence-electron chi connectivity index (χ1n) is 7.43. The van der Waals surface area contributed by atoms with Crippen molar-refractivity contribution in [1.29, 1.82) is 0 Å². The number of halogens is 1. The van der Waals surface area contributed by atoms with Crippen LogP contribution in [0.3, 0.4) is 0 Å². The molecule has 0 saturated heterocycles. The monoisotopic (exact) mass is 350 g/mol. The van der Waals surface area contributed by atoms with Gasteiger partial charge in [-0.25, -0.2) is 4.98 Å². The number of benzene rings is 1. The largest absolute Gasteiger partial charge is 0.434 e. The van der Waals surface area contributed by atoms with Crippen molar-refractivity contribution in [3.8, 4) is 11.5 Å². The molecule has 0 bridgehead atoms. The van der Waals surface area contributed by atoms with Gasteiger partial charge >= 0.3 is 0 Å². The number of nitrogens with one attached hydrogen (secondary N) is 1. The summed E-state index contributed by atoms with van der Waals surface area (Å²) < 4.78 is 5.70. The molecule has 1 N–H and O–H groups in total. The van der Waals surface area contributed by atoms with E-state index in [0.29, 0.717) is 39.0 Å². The number of amides is 1. The molecule has 6 nitrogen and oxygen atoms in total. The van der Waals surface area contributed by atoms with Crippen LogP contribution in [0.15, 0.2) is 65.5 Å². The molecule has 0 aliphatic carbocycles. The minimum Gasteiger partial charge on any atom is -0.434 e. The number of anilines is 1. The molecule has 122 valence electrons. The van der Waals surface area contributed by atoms with Crippen LogP contribution in [0.1, 0.15) is 10.4 Å². The van der Waals surface area contributed by atoms with Gasteiger partial charge in [-0.1, -0.05) is 11.6 Å². The number of aromatic nitrogens is 3. The molecular formula is C18H11ClN4O2. The highest BCUT2D eigenvalue weighted by atomic mass is 35.5. The Balaban J connectivity index is 1.68. The van der Waals surface area contributed by atoms with Gasteiger partial charge in [0.1, 0.15) is 0 Å². The Kier molecular flexibility index (Phi) is 3.87. The number of nitrogens with zero attached hydrogens (tertiary/aromatic N) is 3. The minimum atomic E-state index is -0.263. The number of rotatable bonds is 3. The zero-order chi connectivity index (χ0) is 17.2. The Hall–Kier alpha value is -3.25. The number of oxazole rings is 1. The van der Waals surface area contributed by atoms with Crippen molar-refractivity contribution in [1.82, 2.24) is 15.0 Å². The molecule has 1 aromatic carbocycles. The Morgan fingerprint density at radius 3 is 2.80 bits per heavy atom. The topological polar surface area (TPSA) is 80.9 Å². The van der Waals surface area contributed by atoms with Crippen LogP contribution in [0, 0.1) is 0 Å². The summed E-state index contributed by atoms with van der Waals surface area (Å²) in [4.78, 5) is 24.7. The van der Waals surface area contributed by atoms with Gasteiger partial charge in [-0.3, -0.25) is 9.78 Å². The number of pyridine rings is 2. The predicted molar refractivity (Wildman–Crippen MR) is 94.4 cm³/mol. The second-order valence-corrected chi connectivity index (χ2v) is 5.64. The SMILES string of the molecule is O=C(Nc1ccc(Cl)c(-c2nc3ncccc3o2)c1)c1cccnc1. The molecule has 0 radical (unpaired) electrons. The van der Waals surface area contributed by atoms with Gasteiger partial charge in [-0.15, -0.1) is 0 Å². The summed E-state index contributed by atoms with van der Waals surface area (Å²) in [5, 5.41) is 3.27. The average Bonchev–Trinajstić information content (AvgIpc) is 3.08. The third-order valence-electron chi connectivity index (χ3n) is 3.54. The van der Waals surface area contributed by atoms with Crippen LogP contribution in [0.5, 0.6) is 0 Å². The molecule has 0 fully saturated rings. The Morgan fingerprint density at radius 1 is 1.12 bits per heavy atom. The van der Waals surface area contributed by atoms with Crippen molar-refractivity contribution in [2.45, 2.75) is 0 Å². The van der Waals surface area contributed by atoms with Crippen molar-refractivity contribution >= 4 is 34.4 Å². The van der Waals surface area contributed by atoms with E-state index in [1.165, 1.54) is 6.20 Å². The Bertz CT molecular complexity index is 1030. The lowest BCUT2D eigenvalue weighted by atomic mass is 10.2. The van der Waals surface area contributed by atoms with Crippen molar-refractivity contribution in [3.63, 3.8) is 0 Å². The molecule has 0 saturated carbocycles. The molecule has 0 spiro atoms. The number of carbonyl (C=O) groups excluding carboxylic acids is 1. The molecule has 0 aliphatic rings. The summed E-state index contributed by atoms with van der Waals surface area (Å²) in [7, 11) is 0. The summed E-state index contributed by atoms with van der Waals surface area (Å²) in [6.07, 6.45) is 4.75. The summed E-state index contributed by atoms with van der Waals surface area (Å²) in [5.74, 6) is 0.0804. The van der Waals surface area contributed by atoms with E-state index in [2.05, 4.69) is 20.3 Å². The van der Waals surface area contributed by atoms with Gasteiger partial charge in [0.25, 0.3) is 5.91 Å². The standard InChI is InChI=1S/C18H11ClN4O2/c19-14-6-5-12(22-17(24)11-3-1-7-20-10-11)9-13(14)18-23-16-15(25-18)4-2-8-21-16/h1-10H,(H,22,24). The normalized spacial score (nSPS) is 10.8. The molecule has 1 amide bonds. The third-order valence-corrected chi connectivity index (χ3v) is 3.87. The lowest BCUT2D eigenvalue weighted by Crippen LogP contribution is -2.12. The highest BCUT2D eigenvalue weighted by Crippen LogP contribution is 2.31. The third kappa shape index (κ3) is 3.07. The molecule has 0 atom stereocenters. The summed E-state index contributed by atoms with van der Waals surface area (Å²) in [5.41, 5.74) is 2.67. The van der Waals surface area contributed by atoms with E-state index in [1.807, 2.05) is 0 Å². The molecule has 4 rings (SSSR count). The number of hydrogen-bond acceptors (Lipinski definition) is 5. The van der Waals surface area contributed by atoms with Gasteiger partial charge in [-0.2, -0.15) is 4.98 Å². The molecule has 0 unspecified atom stereocenters. The molecular weight excluding hydrogens is 340 g/mol. The maximum atomic E-state index is 12.3. The average molecular weight is 351 g/mol. The van der Waals surface area contributed by atoms with E-state index < -0.39 is 0 Å². The highest BCUT2D eigenvalue weighted by Gasteiger charge is 2.14. The van der Waals surface area contributed by atoms with E-state index in [4.69, 9.17) is 16.0 Å². The van der Waals surface area contributed by atoms with Crippen molar-refractivity contribution in [2.24, 2.45) is 0 Å². The van der Waals surface area contributed by atoms with Gasteiger partial charge in [0.2, 0.25) is 5.89 Å². The fourth-order valence-electron chi connectivity index (χ4n) is 2.35. The van der Waals surface area contributed by atoms with Crippen LogP contribution in [-0.2, 0) is 0 Å². The summed E-state index contributed by atoms with van der Waals surface area (Å²) in [6, 6.07) is 12.0. The second-order valence-electron chi connectivity index (χ2n) is 5.23. The summed E-state index contributed by atoms with van der Waals surface area (Å²) in [6.45, 7) is 0. The van der Waals surface area contributed by atoms with Crippen LogP contribution in [-0.4, -0.2) is 20.9 Å².